The number of rotatable bonds is 2. The van der Waals surface area contributed by atoms with Crippen molar-refractivity contribution in [2.45, 2.75) is 0 Å². The van der Waals surface area contributed by atoms with Crippen LogP contribution in [0, 0.1) is 5.82 Å². The number of nitrogen functional groups attached to an aromatic ring is 1. The van der Waals surface area contributed by atoms with Crippen molar-refractivity contribution >= 4 is 11.6 Å². The van der Waals surface area contributed by atoms with Gasteiger partial charge < -0.3 is 11.5 Å². The number of hydrogen-bond donors (Lipinski definition) is 2. The Hall–Kier alpha value is -2.36. The van der Waals surface area contributed by atoms with Crippen LogP contribution >= 0.6 is 0 Å². The van der Waals surface area contributed by atoms with Gasteiger partial charge in [-0.3, -0.25) is 4.79 Å². The highest BCUT2D eigenvalue weighted by Gasteiger charge is 2.07. The normalized spacial score (nSPS) is 10.2. The fourth-order valence-electron chi connectivity index (χ4n) is 1.63. The van der Waals surface area contributed by atoms with Gasteiger partial charge in [0.15, 0.2) is 0 Å². The third kappa shape index (κ3) is 2.25. The van der Waals surface area contributed by atoms with Crippen LogP contribution in [0.5, 0.6) is 0 Å². The third-order valence-corrected chi connectivity index (χ3v) is 2.47. The Morgan fingerprint density at radius 2 is 1.76 bits per heavy atom. The largest absolute Gasteiger partial charge is 0.398 e. The van der Waals surface area contributed by atoms with Crippen LogP contribution in [0.4, 0.5) is 10.1 Å². The van der Waals surface area contributed by atoms with Gasteiger partial charge in [0, 0.05) is 5.69 Å². The summed E-state index contributed by atoms with van der Waals surface area (Å²) in [5.74, 6) is -0.895. The van der Waals surface area contributed by atoms with Crippen molar-refractivity contribution in [3.05, 3.63) is 53.8 Å². The van der Waals surface area contributed by atoms with Gasteiger partial charge in [-0.05, 0) is 35.4 Å². The molecule has 2 aromatic rings. The van der Waals surface area contributed by atoms with E-state index in [2.05, 4.69) is 0 Å². The first-order valence-electron chi connectivity index (χ1n) is 5.03. The van der Waals surface area contributed by atoms with E-state index in [0.717, 1.165) is 5.56 Å². The number of anilines is 1. The topological polar surface area (TPSA) is 69.1 Å². The Morgan fingerprint density at radius 1 is 1.06 bits per heavy atom. The third-order valence-electron chi connectivity index (χ3n) is 2.47. The van der Waals surface area contributed by atoms with E-state index < -0.39 is 5.91 Å². The molecule has 0 fully saturated rings. The van der Waals surface area contributed by atoms with Crippen molar-refractivity contribution in [3.8, 4) is 11.1 Å². The second-order valence-electron chi connectivity index (χ2n) is 3.68. The van der Waals surface area contributed by atoms with Gasteiger partial charge in [-0.1, -0.05) is 18.2 Å². The molecule has 0 aliphatic rings. The summed E-state index contributed by atoms with van der Waals surface area (Å²) in [6.45, 7) is 0. The summed E-state index contributed by atoms with van der Waals surface area (Å²) in [5.41, 5.74) is 12.9. The monoisotopic (exact) mass is 230 g/mol. The van der Waals surface area contributed by atoms with Gasteiger partial charge in [0.2, 0.25) is 0 Å². The van der Waals surface area contributed by atoms with Gasteiger partial charge >= 0.3 is 0 Å². The van der Waals surface area contributed by atoms with E-state index in [4.69, 9.17) is 11.5 Å². The molecule has 17 heavy (non-hydrogen) atoms. The standard InChI is InChI=1S/C13H11FN2O/c14-10-3-1-2-8(6-10)9-4-5-11(13(16)17)12(15)7-9/h1-7H,15H2,(H2,16,17). The van der Waals surface area contributed by atoms with Gasteiger partial charge in [-0.15, -0.1) is 0 Å². The summed E-state index contributed by atoms with van der Waals surface area (Å²) in [6, 6.07) is 11.0. The zero-order valence-electron chi connectivity index (χ0n) is 8.98. The molecule has 2 aromatic carbocycles. The zero-order chi connectivity index (χ0) is 12.4. The molecule has 0 saturated heterocycles. The highest BCUT2D eigenvalue weighted by molar-refractivity contribution is 5.98. The van der Waals surface area contributed by atoms with E-state index in [-0.39, 0.29) is 11.4 Å². The molecule has 4 N–H and O–H groups in total. The summed E-state index contributed by atoms with van der Waals surface area (Å²) in [6.07, 6.45) is 0. The molecule has 0 spiro atoms. The Balaban J connectivity index is 2.48. The average Bonchev–Trinajstić information content (AvgIpc) is 2.28. The maximum absolute atomic E-state index is 13.1. The van der Waals surface area contributed by atoms with Crippen molar-refractivity contribution in [2.24, 2.45) is 5.73 Å². The summed E-state index contributed by atoms with van der Waals surface area (Å²) in [5, 5.41) is 0. The second kappa shape index (κ2) is 4.25. The van der Waals surface area contributed by atoms with Crippen molar-refractivity contribution in [3.63, 3.8) is 0 Å². The number of nitrogens with two attached hydrogens (primary N) is 2. The Kier molecular flexibility index (Phi) is 2.78. The van der Waals surface area contributed by atoms with E-state index in [1.165, 1.54) is 18.2 Å². The Morgan fingerprint density at radius 3 is 2.35 bits per heavy atom. The summed E-state index contributed by atoms with van der Waals surface area (Å²) >= 11 is 0. The minimum atomic E-state index is -0.576. The van der Waals surface area contributed by atoms with Crippen LogP contribution in [0.25, 0.3) is 11.1 Å². The molecule has 1 amide bonds. The molecule has 0 bridgehead atoms. The van der Waals surface area contributed by atoms with Crippen LogP contribution in [0.2, 0.25) is 0 Å². The molecule has 0 aliphatic carbocycles. The number of primary amides is 1. The summed E-state index contributed by atoms with van der Waals surface area (Å²) in [7, 11) is 0. The second-order valence-corrected chi connectivity index (χ2v) is 3.68. The van der Waals surface area contributed by atoms with Gasteiger partial charge in [0.1, 0.15) is 5.82 Å². The fourth-order valence-corrected chi connectivity index (χ4v) is 1.63. The lowest BCUT2D eigenvalue weighted by Gasteiger charge is -2.06. The van der Waals surface area contributed by atoms with E-state index in [1.807, 2.05) is 0 Å². The predicted molar refractivity (Wildman–Crippen MR) is 64.8 cm³/mol. The number of halogens is 1. The van der Waals surface area contributed by atoms with Gasteiger partial charge in [0.25, 0.3) is 5.91 Å². The Bertz CT molecular complexity index is 581. The summed E-state index contributed by atoms with van der Waals surface area (Å²) in [4.78, 5) is 11.0. The maximum Gasteiger partial charge on any atom is 0.250 e. The lowest BCUT2D eigenvalue weighted by molar-refractivity contribution is 0.100. The zero-order valence-corrected chi connectivity index (χ0v) is 8.98. The molecule has 0 aliphatic heterocycles. The van der Waals surface area contributed by atoms with E-state index >= 15 is 0 Å². The van der Waals surface area contributed by atoms with Crippen molar-refractivity contribution in [1.29, 1.82) is 0 Å². The van der Waals surface area contributed by atoms with Gasteiger partial charge in [-0.25, -0.2) is 4.39 Å². The molecular weight excluding hydrogens is 219 g/mol. The molecule has 0 heterocycles. The van der Waals surface area contributed by atoms with Gasteiger partial charge in [0.05, 0.1) is 5.56 Å². The highest BCUT2D eigenvalue weighted by Crippen LogP contribution is 2.24. The van der Waals surface area contributed by atoms with Crippen molar-refractivity contribution in [2.75, 3.05) is 5.73 Å². The molecule has 0 unspecified atom stereocenters. The molecule has 0 atom stereocenters. The molecule has 86 valence electrons. The first kappa shape index (κ1) is 11.1. The quantitative estimate of drug-likeness (QED) is 0.776. The molecule has 0 saturated carbocycles. The van der Waals surface area contributed by atoms with Crippen LogP contribution in [0.15, 0.2) is 42.5 Å². The lowest BCUT2D eigenvalue weighted by atomic mass is 10.0. The number of benzene rings is 2. The highest BCUT2D eigenvalue weighted by atomic mass is 19.1. The average molecular weight is 230 g/mol. The van der Waals surface area contributed by atoms with E-state index in [9.17, 15) is 9.18 Å². The SMILES string of the molecule is NC(=O)c1ccc(-c2cccc(F)c2)cc1N. The first-order chi connectivity index (χ1) is 8.08. The van der Waals surface area contributed by atoms with Crippen LogP contribution in [-0.4, -0.2) is 5.91 Å². The smallest absolute Gasteiger partial charge is 0.250 e. The van der Waals surface area contributed by atoms with Crippen LogP contribution in [-0.2, 0) is 0 Å². The lowest BCUT2D eigenvalue weighted by Crippen LogP contribution is -2.13. The molecule has 3 nitrogen and oxygen atoms in total. The van der Waals surface area contributed by atoms with E-state index in [0.29, 0.717) is 11.3 Å². The minimum Gasteiger partial charge on any atom is -0.398 e. The molecule has 0 radical (unpaired) electrons. The van der Waals surface area contributed by atoms with Crippen molar-refractivity contribution in [1.82, 2.24) is 0 Å². The summed E-state index contributed by atoms with van der Waals surface area (Å²) < 4.78 is 13.1. The number of carbonyl (C=O) groups excluding carboxylic acids is 1. The number of amides is 1. The molecule has 0 aromatic heterocycles. The van der Waals surface area contributed by atoms with Crippen molar-refractivity contribution < 1.29 is 9.18 Å². The molecular formula is C13H11FN2O. The number of hydrogen-bond acceptors (Lipinski definition) is 2. The van der Waals surface area contributed by atoms with Crippen LogP contribution < -0.4 is 11.5 Å². The fraction of sp³-hybridized carbons (Fsp3) is 0. The van der Waals surface area contributed by atoms with E-state index in [1.54, 1.807) is 24.3 Å². The first-order valence-corrected chi connectivity index (χ1v) is 5.03. The Labute approximate surface area is 97.9 Å². The predicted octanol–water partition coefficient (Wildman–Crippen LogP) is 2.17. The van der Waals surface area contributed by atoms with Crippen LogP contribution in [0.3, 0.4) is 0 Å². The van der Waals surface area contributed by atoms with Gasteiger partial charge in [-0.2, -0.15) is 0 Å². The maximum atomic E-state index is 13.1. The molecule has 4 heteroatoms. The minimum absolute atomic E-state index is 0.269. The van der Waals surface area contributed by atoms with Crippen LogP contribution in [0.1, 0.15) is 10.4 Å². The number of carbonyl (C=O) groups is 1. The molecule has 2 rings (SSSR count).